The molecule has 0 aliphatic rings. The fourth-order valence-corrected chi connectivity index (χ4v) is 1.71. The fourth-order valence-electron chi connectivity index (χ4n) is 1.71. The molecule has 3 unspecified atom stereocenters. The van der Waals surface area contributed by atoms with Gasteiger partial charge in [0.05, 0.1) is 18.7 Å². The van der Waals surface area contributed by atoms with E-state index < -0.39 is 18.4 Å². The monoisotopic (exact) mass is 290 g/mol. The highest BCUT2D eigenvalue weighted by atomic mass is 16.7. The van der Waals surface area contributed by atoms with E-state index in [2.05, 4.69) is 10.6 Å². The van der Waals surface area contributed by atoms with Crippen LogP contribution in [0.5, 0.6) is 0 Å². The van der Waals surface area contributed by atoms with Gasteiger partial charge in [0.1, 0.15) is 0 Å². The van der Waals surface area contributed by atoms with Gasteiger partial charge in [-0.1, -0.05) is 6.92 Å². The normalized spacial score (nSPS) is 15.6. The first-order valence-corrected chi connectivity index (χ1v) is 6.60. The lowest BCUT2D eigenvalue weighted by molar-refractivity contribution is -0.131. The first-order chi connectivity index (χ1) is 9.31. The molecule has 0 aromatic carbocycles. The Balaban J connectivity index is 4.15. The summed E-state index contributed by atoms with van der Waals surface area (Å²) < 4.78 is 9.92. The number of nitrogens with one attached hydrogen (secondary N) is 2. The van der Waals surface area contributed by atoms with Gasteiger partial charge in [-0.25, -0.2) is 0 Å². The van der Waals surface area contributed by atoms with Crippen molar-refractivity contribution >= 4 is 11.8 Å². The smallest absolute Gasteiger partial charge is 0.223 e. The van der Waals surface area contributed by atoms with Crippen molar-refractivity contribution in [3.05, 3.63) is 0 Å². The van der Waals surface area contributed by atoms with Gasteiger partial charge in [0.15, 0.2) is 6.29 Å². The second-order valence-corrected chi connectivity index (χ2v) is 4.84. The van der Waals surface area contributed by atoms with E-state index in [-0.39, 0.29) is 30.7 Å². The molecule has 118 valence electrons. The van der Waals surface area contributed by atoms with Crippen molar-refractivity contribution in [3.8, 4) is 0 Å². The highest BCUT2D eigenvalue weighted by Gasteiger charge is 2.22. The first-order valence-electron chi connectivity index (χ1n) is 6.60. The van der Waals surface area contributed by atoms with Gasteiger partial charge in [-0.3, -0.25) is 9.59 Å². The van der Waals surface area contributed by atoms with Crippen molar-refractivity contribution in [2.45, 2.75) is 45.6 Å². The average Bonchev–Trinajstić information content (AvgIpc) is 2.38. The summed E-state index contributed by atoms with van der Waals surface area (Å²) in [4.78, 5) is 22.7. The highest BCUT2D eigenvalue weighted by molar-refractivity contribution is 5.78. The molecule has 7 heteroatoms. The number of methoxy groups -OCH3 is 2. The number of rotatable bonds is 9. The third-order valence-corrected chi connectivity index (χ3v) is 3.02. The lowest BCUT2D eigenvalue weighted by Crippen LogP contribution is -2.43. The summed E-state index contributed by atoms with van der Waals surface area (Å²) in [5.74, 6) is -0.787. The molecule has 0 bridgehead atoms. The minimum Gasteiger partial charge on any atom is -0.391 e. The Morgan fingerprint density at radius 3 is 2.20 bits per heavy atom. The van der Waals surface area contributed by atoms with Gasteiger partial charge in [-0.05, 0) is 13.3 Å². The summed E-state index contributed by atoms with van der Waals surface area (Å²) in [6, 6.07) is -0.395. The minimum atomic E-state index is -0.778. The quantitative estimate of drug-likeness (QED) is 0.504. The SMILES string of the molecule is COC(CNC(=O)C(C)CC(O)C(C)NC(C)=O)OC. The van der Waals surface area contributed by atoms with E-state index in [9.17, 15) is 14.7 Å². The zero-order chi connectivity index (χ0) is 15.7. The van der Waals surface area contributed by atoms with E-state index in [0.29, 0.717) is 0 Å². The predicted octanol–water partition coefficient (Wildman–Crippen LogP) is -0.367. The fraction of sp³-hybridized carbons (Fsp3) is 0.846. The highest BCUT2D eigenvalue weighted by Crippen LogP contribution is 2.09. The maximum absolute atomic E-state index is 11.8. The Morgan fingerprint density at radius 1 is 1.20 bits per heavy atom. The van der Waals surface area contributed by atoms with E-state index in [4.69, 9.17) is 9.47 Å². The van der Waals surface area contributed by atoms with Crippen LogP contribution in [0.25, 0.3) is 0 Å². The third-order valence-electron chi connectivity index (χ3n) is 3.02. The summed E-state index contributed by atoms with van der Waals surface area (Å²) in [7, 11) is 2.98. The molecule has 0 aliphatic carbocycles. The van der Waals surface area contributed by atoms with E-state index in [1.807, 2.05) is 0 Å². The first kappa shape index (κ1) is 18.8. The predicted molar refractivity (Wildman–Crippen MR) is 73.9 cm³/mol. The topological polar surface area (TPSA) is 96.9 Å². The Hall–Kier alpha value is -1.18. The molecule has 0 aromatic rings. The molecule has 0 spiro atoms. The number of carbonyl (C=O) groups is 2. The molecule has 0 aliphatic heterocycles. The van der Waals surface area contributed by atoms with Crippen molar-refractivity contribution < 1.29 is 24.2 Å². The van der Waals surface area contributed by atoms with Gasteiger partial charge in [0, 0.05) is 27.1 Å². The van der Waals surface area contributed by atoms with Crippen molar-refractivity contribution in [2.75, 3.05) is 20.8 Å². The van der Waals surface area contributed by atoms with Gasteiger partial charge in [0.2, 0.25) is 11.8 Å². The number of aliphatic hydroxyl groups is 1. The minimum absolute atomic E-state index is 0.196. The van der Waals surface area contributed by atoms with Crippen molar-refractivity contribution in [2.24, 2.45) is 5.92 Å². The maximum Gasteiger partial charge on any atom is 0.223 e. The Morgan fingerprint density at radius 2 is 1.75 bits per heavy atom. The van der Waals surface area contributed by atoms with Gasteiger partial charge in [0.25, 0.3) is 0 Å². The lowest BCUT2D eigenvalue weighted by Gasteiger charge is -2.23. The zero-order valence-corrected chi connectivity index (χ0v) is 12.8. The molecule has 0 saturated carbocycles. The second-order valence-electron chi connectivity index (χ2n) is 4.84. The summed E-state index contributed by atoms with van der Waals surface area (Å²) in [5, 5.41) is 15.2. The van der Waals surface area contributed by atoms with E-state index in [0.717, 1.165) is 0 Å². The standard InChI is InChI=1S/C13H26N2O5/c1-8(6-11(17)9(2)15-10(3)16)13(18)14-7-12(19-4)20-5/h8-9,11-12,17H,6-7H2,1-5H3,(H,14,18)(H,15,16). The molecule has 0 rings (SSSR count). The summed E-state index contributed by atoms with van der Waals surface area (Å²) in [6.45, 7) is 5.04. The number of aliphatic hydroxyl groups excluding tert-OH is 1. The van der Waals surface area contributed by atoms with Gasteiger partial charge in [-0.15, -0.1) is 0 Å². The zero-order valence-electron chi connectivity index (χ0n) is 12.8. The second kappa shape index (κ2) is 9.68. The number of ether oxygens (including phenoxy) is 2. The van der Waals surface area contributed by atoms with Crippen LogP contribution in [-0.2, 0) is 19.1 Å². The van der Waals surface area contributed by atoms with E-state index in [1.165, 1.54) is 21.1 Å². The summed E-state index contributed by atoms with van der Waals surface area (Å²) in [6.07, 6.45) is -1.01. The van der Waals surface area contributed by atoms with Crippen molar-refractivity contribution in [3.63, 3.8) is 0 Å². The van der Waals surface area contributed by atoms with Crippen molar-refractivity contribution in [1.82, 2.24) is 10.6 Å². The maximum atomic E-state index is 11.8. The van der Waals surface area contributed by atoms with Crippen LogP contribution in [0, 0.1) is 5.92 Å². The van der Waals surface area contributed by atoms with Crippen LogP contribution in [0.1, 0.15) is 27.2 Å². The van der Waals surface area contributed by atoms with Crippen LogP contribution in [-0.4, -0.2) is 56.1 Å². The molecule has 3 N–H and O–H groups in total. The van der Waals surface area contributed by atoms with Gasteiger partial charge >= 0.3 is 0 Å². The lowest BCUT2D eigenvalue weighted by atomic mass is 9.98. The molecule has 3 atom stereocenters. The molecule has 0 fully saturated rings. The van der Waals surface area contributed by atoms with Gasteiger partial charge < -0.3 is 25.2 Å². The van der Waals surface area contributed by atoms with Crippen molar-refractivity contribution in [1.29, 1.82) is 0 Å². The van der Waals surface area contributed by atoms with Crippen LogP contribution in [0.2, 0.25) is 0 Å². The number of hydrogen-bond acceptors (Lipinski definition) is 5. The van der Waals surface area contributed by atoms with Crippen LogP contribution in [0.4, 0.5) is 0 Å². The summed E-state index contributed by atoms with van der Waals surface area (Å²) >= 11 is 0. The largest absolute Gasteiger partial charge is 0.391 e. The number of carbonyl (C=O) groups excluding carboxylic acids is 2. The van der Waals surface area contributed by atoms with Crippen LogP contribution in [0.15, 0.2) is 0 Å². The van der Waals surface area contributed by atoms with Crippen LogP contribution < -0.4 is 10.6 Å². The molecule has 0 radical (unpaired) electrons. The Labute approximate surface area is 120 Å². The average molecular weight is 290 g/mol. The van der Waals surface area contributed by atoms with Gasteiger partial charge in [-0.2, -0.15) is 0 Å². The summed E-state index contributed by atoms with van der Waals surface area (Å²) in [5.41, 5.74) is 0. The molecule has 7 nitrogen and oxygen atoms in total. The molecule has 20 heavy (non-hydrogen) atoms. The molecule has 0 saturated heterocycles. The molecular weight excluding hydrogens is 264 g/mol. The number of hydrogen-bond donors (Lipinski definition) is 3. The van der Waals surface area contributed by atoms with E-state index in [1.54, 1.807) is 13.8 Å². The van der Waals surface area contributed by atoms with Crippen LogP contribution in [0.3, 0.4) is 0 Å². The Bertz CT molecular complexity index is 307. The molecule has 2 amide bonds. The number of amides is 2. The van der Waals surface area contributed by atoms with E-state index >= 15 is 0 Å². The molecular formula is C13H26N2O5. The molecule has 0 heterocycles. The molecule has 0 aromatic heterocycles. The third kappa shape index (κ3) is 7.42. The Kier molecular flexibility index (Phi) is 9.11. The van der Waals surface area contributed by atoms with Crippen LogP contribution >= 0.6 is 0 Å².